The topological polar surface area (TPSA) is 39.7 Å². The molecule has 1 aromatic rings. The summed E-state index contributed by atoms with van der Waals surface area (Å²) in [5.41, 5.74) is 1.28. The lowest BCUT2D eigenvalue weighted by molar-refractivity contribution is 0.501. The molecule has 0 bridgehead atoms. The van der Waals surface area contributed by atoms with E-state index in [1.54, 1.807) is 0 Å². The summed E-state index contributed by atoms with van der Waals surface area (Å²) in [6.45, 7) is 11.2. The minimum absolute atomic E-state index is 0.0296. The Morgan fingerprint density at radius 1 is 1.19 bits per heavy atom. The number of hydrogen-bond donors (Lipinski definition) is 2. The van der Waals surface area contributed by atoms with Crippen LogP contribution in [-0.4, -0.2) is 38.2 Å². The Bertz CT molecular complexity index is 420. The first-order chi connectivity index (χ1) is 9.92. The largest absolute Gasteiger partial charge is 0.375 e. The second-order valence-corrected chi connectivity index (χ2v) is 6.25. The summed E-state index contributed by atoms with van der Waals surface area (Å²) in [5.74, 6) is 0.896. The maximum absolute atomic E-state index is 4.63. The van der Waals surface area contributed by atoms with Gasteiger partial charge in [0.25, 0.3) is 0 Å². The standard InChI is InChI=1S/C17H30N4/c1-6-18-16(20-17(2,3)4)19-13-10-14-21(5)15-11-8-7-9-12-15/h7-9,11-12H,6,10,13-14H2,1-5H3,(H2,18,19,20). The Balaban J connectivity index is 2.40. The van der Waals surface area contributed by atoms with Gasteiger partial charge in [0.15, 0.2) is 5.96 Å². The van der Waals surface area contributed by atoms with Crippen molar-refractivity contribution >= 4 is 11.6 Å². The molecule has 0 saturated carbocycles. The van der Waals surface area contributed by atoms with E-state index in [9.17, 15) is 0 Å². The minimum atomic E-state index is 0.0296. The van der Waals surface area contributed by atoms with Gasteiger partial charge in [-0.3, -0.25) is 4.99 Å². The zero-order valence-corrected chi connectivity index (χ0v) is 14.1. The van der Waals surface area contributed by atoms with Gasteiger partial charge in [-0.05, 0) is 46.2 Å². The van der Waals surface area contributed by atoms with Crippen molar-refractivity contribution < 1.29 is 0 Å². The summed E-state index contributed by atoms with van der Waals surface area (Å²) in [5, 5.41) is 6.69. The van der Waals surface area contributed by atoms with E-state index in [4.69, 9.17) is 0 Å². The van der Waals surface area contributed by atoms with E-state index in [2.05, 4.69) is 79.5 Å². The molecule has 0 spiro atoms. The fraction of sp³-hybridized carbons (Fsp3) is 0.588. The molecular weight excluding hydrogens is 260 g/mol. The van der Waals surface area contributed by atoms with Crippen molar-refractivity contribution in [3.63, 3.8) is 0 Å². The first-order valence-corrected chi connectivity index (χ1v) is 7.75. The smallest absolute Gasteiger partial charge is 0.191 e. The number of para-hydroxylation sites is 1. The summed E-state index contributed by atoms with van der Waals surface area (Å²) in [6, 6.07) is 10.5. The first kappa shape index (κ1) is 17.3. The molecular formula is C17H30N4. The molecule has 0 aliphatic rings. The Morgan fingerprint density at radius 3 is 2.43 bits per heavy atom. The molecule has 2 N–H and O–H groups in total. The van der Waals surface area contributed by atoms with Crippen molar-refractivity contribution in [3.05, 3.63) is 30.3 Å². The van der Waals surface area contributed by atoms with Crippen molar-refractivity contribution in [1.82, 2.24) is 10.6 Å². The van der Waals surface area contributed by atoms with Crippen LogP contribution in [0, 0.1) is 0 Å². The average Bonchev–Trinajstić information content (AvgIpc) is 2.43. The summed E-state index contributed by atoms with van der Waals surface area (Å²) in [6.07, 6.45) is 1.03. The van der Waals surface area contributed by atoms with Gasteiger partial charge in [0, 0.05) is 37.9 Å². The molecule has 0 aromatic heterocycles. The van der Waals surface area contributed by atoms with E-state index in [1.165, 1.54) is 5.69 Å². The highest BCUT2D eigenvalue weighted by Crippen LogP contribution is 2.10. The summed E-state index contributed by atoms with van der Waals surface area (Å²) in [4.78, 5) is 6.90. The van der Waals surface area contributed by atoms with E-state index in [0.717, 1.165) is 32.0 Å². The maximum atomic E-state index is 4.63. The van der Waals surface area contributed by atoms with Crippen molar-refractivity contribution in [2.24, 2.45) is 4.99 Å². The van der Waals surface area contributed by atoms with Crippen LogP contribution < -0.4 is 15.5 Å². The number of rotatable bonds is 6. The molecule has 1 rings (SSSR count). The number of aliphatic imine (C=N–C) groups is 1. The number of guanidine groups is 1. The second kappa shape index (κ2) is 8.55. The molecule has 1 aromatic carbocycles. The fourth-order valence-corrected chi connectivity index (χ4v) is 1.97. The lowest BCUT2D eigenvalue weighted by Gasteiger charge is -2.24. The van der Waals surface area contributed by atoms with Gasteiger partial charge >= 0.3 is 0 Å². The van der Waals surface area contributed by atoms with Crippen molar-refractivity contribution in [2.75, 3.05) is 31.6 Å². The van der Waals surface area contributed by atoms with Crippen LogP contribution in [0.5, 0.6) is 0 Å². The van der Waals surface area contributed by atoms with Crippen LogP contribution in [0.4, 0.5) is 5.69 Å². The maximum Gasteiger partial charge on any atom is 0.191 e. The van der Waals surface area contributed by atoms with Crippen molar-refractivity contribution in [3.8, 4) is 0 Å². The van der Waals surface area contributed by atoms with Gasteiger partial charge in [-0.1, -0.05) is 18.2 Å². The SMILES string of the molecule is CCNC(=NCCCN(C)c1ccccc1)NC(C)(C)C. The van der Waals surface area contributed by atoms with Crippen LogP contribution in [0.1, 0.15) is 34.1 Å². The van der Waals surface area contributed by atoms with Crippen LogP contribution >= 0.6 is 0 Å². The monoisotopic (exact) mass is 290 g/mol. The molecule has 0 atom stereocenters. The Morgan fingerprint density at radius 2 is 1.86 bits per heavy atom. The van der Waals surface area contributed by atoms with Gasteiger partial charge in [-0.2, -0.15) is 0 Å². The third kappa shape index (κ3) is 7.59. The van der Waals surface area contributed by atoms with Crippen LogP contribution in [0.25, 0.3) is 0 Å². The number of hydrogen-bond acceptors (Lipinski definition) is 2. The van der Waals surface area contributed by atoms with E-state index < -0.39 is 0 Å². The number of benzene rings is 1. The lowest BCUT2D eigenvalue weighted by atomic mass is 10.1. The molecule has 4 nitrogen and oxygen atoms in total. The van der Waals surface area contributed by atoms with Gasteiger partial charge in [-0.15, -0.1) is 0 Å². The third-order valence-corrected chi connectivity index (χ3v) is 2.96. The molecule has 118 valence electrons. The zero-order valence-electron chi connectivity index (χ0n) is 14.1. The van der Waals surface area contributed by atoms with Gasteiger partial charge in [0.05, 0.1) is 0 Å². The van der Waals surface area contributed by atoms with Gasteiger partial charge in [0.2, 0.25) is 0 Å². The molecule has 0 aliphatic heterocycles. The summed E-state index contributed by atoms with van der Waals surface area (Å²) >= 11 is 0. The lowest BCUT2D eigenvalue weighted by Crippen LogP contribution is -2.47. The molecule has 0 amide bonds. The molecule has 0 aliphatic carbocycles. The van der Waals surface area contributed by atoms with E-state index >= 15 is 0 Å². The zero-order chi connectivity index (χ0) is 15.7. The fourth-order valence-electron chi connectivity index (χ4n) is 1.97. The predicted octanol–water partition coefficient (Wildman–Crippen LogP) is 2.87. The van der Waals surface area contributed by atoms with Crippen molar-refractivity contribution in [2.45, 2.75) is 39.7 Å². The highest BCUT2D eigenvalue weighted by Gasteiger charge is 2.11. The average molecular weight is 290 g/mol. The van der Waals surface area contributed by atoms with E-state index in [-0.39, 0.29) is 5.54 Å². The Kier molecular flexibility index (Phi) is 7.06. The second-order valence-electron chi connectivity index (χ2n) is 6.25. The highest BCUT2D eigenvalue weighted by molar-refractivity contribution is 5.80. The van der Waals surface area contributed by atoms with Crippen molar-refractivity contribution in [1.29, 1.82) is 0 Å². The van der Waals surface area contributed by atoms with Crippen LogP contribution in [0.15, 0.2) is 35.3 Å². The normalized spacial score (nSPS) is 12.1. The molecule has 21 heavy (non-hydrogen) atoms. The molecule has 0 fully saturated rings. The molecule has 4 heteroatoms. The van der Waals surface area contributed by atoms with Crippen LogP contribution in [0.2, 0.25) is 0 Å². The van der Waals surface area contributed by atoms with Gasteiger partial charge in [0.1, 0.15) is 0 Å². The molecule has 0 saturated heterocycles. The molecule has 0 heterocycles. The molecule has 0 unspecified atom stereocenters. The van der Waals surface area contributed by atoms with Crippen LogP contribution in [-0.2, 0) is 0 Å². The summed E-state index contributed by atoms with van der Waals surface area (Å²) < 4.78 is 0. The van der Waals surface area contributed by atoms with E-state index in [1.807, 2.05) is 6.07 Å². The highest BCUT2D eigenvalue weighted by atomic mass is 15.2. The first-order valence-electron chi connectivity index (χ1n) is 7.75. The summed E-state index contributed by atoms with van der Waals surface area (Å²) in [7, 11) is 2.12. The van der Waals surface area contributed by atoms with E-state index in [0.29, 0.717) is 0 Å². The predicted molar refractivity (Wildman–Crippen MR) is 93.2 cm³/mol. The van der Waals surface area contributed by atoms with Gasteiger partial charge in [-0.25, -0.2) is 0 Å². The van der Waals surface area contributed by atoms with Gasteiger partial charge < -0.3 is 15.5 Å². The number of anilines is 1. The Hall–Kier alpha value is -1.71. The number of nitrogens with one attached hydrogen (secondary N) is 2. The number of nitrogens with zero attached hydrogens (tertiary/aromatic N) is 2. The third-order valence-electron chi connectivity index (χ3n) is 2.96. The Labute approximate surface area is 129 Å². The van der Waals surface area contributed by atoms with Crippen LogP contribution in [0.3, 0.4) is 0 Å². The minimum Gasteiger partial charge on any atom is -0.375 e. The quantitative estimate of drug-likeness (QED) is 0.481. The molecule has 0 radical (unpaired) electrons.